The predicted octanol–water partition coefficient (Wildman–Crippen LogP) is 2.22. The van der Waals surface area contributed by atoms with Gasteiger partial charge in [0, 0.05) is 0 Å². The van der Waals surface area contributed by atoms with Crippen molar-refractivity contribution >= 4 is 9.84 Å². The van der Waals surface area contributed by atoms with Crippen molar-refractivity contribution in [2.24, 2.45) is 5.73 Å². The van der Waals surface area contributed by atoms with Crippen molar-refractivity contribution in [2.75, 3.05) is 6.54 Å². The van der Waals surface area contributed by atoms with Crippen molar-refractivity contribution in [2.45, 2.75) is 29.7 Å². The average molecular weight is 281 g/mol. The highest BCUT2D eigenvalue weighted by atomic mass is 32.2. The van der Waals surface area contributed by atoms with E-state index in [-0.39, 0.29) is 17.9 Å². The van der Waals surface area contributed by atoms with Crippen molar-refractivity contribution in [3.63, 3.8) is 0 Å². The van der Waals surface area contributed by atoms with Gasteiger partial charge in [0.15, 0.2) is 9.84 Å². The van der Waals surface area contributed by atoms with E-state index in [1.165, 1.54) is 6.92 Å². The molecule has 0 saturated heterocycles. The summed E-state index contributed by atoms with van der Waals surface area (Å²) in [5, 5.41) is -0.709. The van der Waals surface area contributed by atoms with Crippen molar-refractivity contribution in [3.05, 3.63) is 29.8 Å². The maximum absolute atomic E-state index is 12.3. The van der Waals surface area contributed by atoms with Crippen LogP contribution in [0, 0.1) is 0 Å². The third-order valence-corrected chi connectivity index (χ3v) is 4.84. The lowest BCUT2D eigenvalue weighted by Gasteiger charge is -2.13. The van der Waals surface area contributed by atoms with E-state index in [4.69, 9.17) is 5.73 Å². The van der Waals surface area contributed by atoms with Crippen LogP contribution in [0.4, 0.5) is 13.2 Å². The van der Waals surface area contributed by atoms with Gasteiger partial charge in [-0.15, -0.1) is 0 Å². The number of sulfone groups is 1. The van der Waals surface area contributed by atoms with Crippen LogP contribution in [-0.4, -0.2) is 20.2 Å². The Morgan fingerprint density at radius 1 is 1.22 bits per heavy atom. The van der Waals surface area contributed by atoms with Crippen molar-refractivity contribution in [3.8, 4) is 0 Å². The molecule has 0 aromatic heterocycles. The van der Waals surface area contributed by atoms with Gasteiger partial charge < -0.3 is 5.73 Å². The number of hydrogen-bond acceptors (Lipinski definition) is 3. The van der Waals surface area contributed by atoms with Crippen LogP contribution in [0.15, 0.2) is 29.2 Å². The van der Waals surface area contributed by atoms with E-state index in [1.807, 2.05) is 0 Å². The summed E-state index contributed by atoms with van der Waals surface area (Å²) in [7, 11) is -3.61. The molecule has 0 aliphatic carbocycles. The maximum Gasteiger partial charge on any atom is 0.416 e. The fourth-order valence-electron chi connectivity index (χ4n) is 1.46. The number of nitrogens with two attached hydrogens (primary N) is 1. The Balaban J connectivity index is 3.05. The van der Waals surface area contributed by atoms with E-state index in [0.29, 0.717) is 0 Å². The molecular formula is C11H14F3NO2S. The van der Waals surface area contributed by atoms with E-state index in [2.05, 4.69) is 0 Å². The van der Waals surface area contributed by atoms with Gasteiger partial charge >= 0.3 is 6.18 Å². The van der Waals surface area contributed by atoms with Crippen molar-refractivity contribution in [1.82, 2.24) is 0 Å². The first-order valence-corrected chi connectivity index (χ1v) is 6.85. The Kier molecular flexibility index (Phi) is 4.39. The molecule has 2 N–H and O–H groups in total. The van der Waals surface area contributed by atoms with Crippen LogP contribution in [-0.2, 0) is 16.0 Å². The highest BCUT2D eigenvalue weighted by molar-refractivity contribution is 7.92. The monoisotopic (exact) mass is 281 g/mol. The summed E-state index contributed by atoms with van der Waals surface area (Å²) in [6.07, 6.45) is -4.20. The Labute approximate surface area is 104 Å². The lowest BCUT2D eigenvalue weighted by atomic mass is 10.2. The van der Waals surface area contributed by atoms with E-state index in [0.717, 1.165) is 24.3 Å². The first kappa shape index (κ1) is 15.0. The minimum atomic E-state index is -4.47. The summed E-state index contributed by atoms with van der Waals surface area (Å²) in [5.74, 6) is 0. The summed E-state index contributed by atoms with van der Waals surface area (Å²) in [6.45, 7) is 1.70. The number of benzene rings is 1. The summed E-state index contributed by atoms with van der Waals surface area (Å²) < 4.78 is 60.9. The van der Waals surface area contributed by atoms with Gasteiger partial charge in [0.05, 0.1) is 15.7 Å². The largest absolute Gasteiger partial charge is 0.416 e. The summed E-state index contributed by atoms with van der Waals surface area (Å²) in [5.41, 5.74) is 4.40. The molecule has 1 aromatic carbocycles. The molecule has 0 heterocycles. The van der Waals surface area contributed by atoms with Crippen molar-refractivity contribution in [1.29, 1.82) is 0 Å². The average Bonchev–Trinajstić information content (AvgIpc) is 2.28. The quantitative estimate of drug-likeness (QED) is 0.920. The van der Waals surface area contributed by atoms with Gasteiger partial charge in [-0.3, -0.25) is 0 Å². The van der Waals surface area contributed by atoms with E-state index in [9.17, 15) is 21.6 Å². The highest BCUT2D eigenvalue weighted by Gasteiger charge is 2.31. The smallest absolute Gasteiger partial charge is 0.330 e. The first-order chi connectivity index (χ1) is 8.19. The molecule has 0 radical (unpaired) electrons. The normalized spacial score (nSPS) is 14.5. The van der Waals surface area contributed by atoms with E-state index < -0.39 is 26.8 Å². The molecule has 0 bridgehead atoms. The molecule has 0 spiro atoms. The van der Waals surface area contributed by atoms with Crippen LogP contribution in [0.5, 0.6) is 0 Å². The summed E-state index contributed by atoms with van der Waals surface area (Å²) in [6, 6.07) is 3.49. The zero-order valence-electron chi connectivity index (χ0n) is 9.74. The second kappa shape index (κ2) is 5.27. The number of rotatable bonds is 4. The maximum atomic E-state index is 12.3. The molecule has 18 heavy (non-hydrogen) atoms. The van der Waals surface area contributed by atoms with E-state index >= 15 is 0 Å². The SMILES string of the molecule is CC(CCN)S(=O)(=O)c1ccc(C(F)(F)F)cc1. The third-order valence-electron chi connectivity index (χ3n) is 2.61. The highest BCUT2D eigenvalue weighted by Crippen LogP contribution is 2.30. The van der Waals surface area contributed by atoms with Crippen LogP contribution >= 0.6 is 0 Å². The first-order valence-electron chi connectivity index (χ1n) is 5.31. The Hall–Kier alpha value is -1.08. The van der Waals surface area contributed by atoms with Crippen molar-refractivity contribution < 1.29 is 21.6 Å². The molecule has 0 saturated carbocycles. The molecule has 0 amide bonds. The van der Waals surface area contributed by atoms with Crippen LogP contribution in [0.25, 0.3) is 0 Å². The number of hydrogen-bond donors (Lipinski definition) is 1. The fourth-order valence-corrected chi connectivity index (χ4v) is 2.88. The van der Waals surface area contributed by atoms with Gasteiger partial charge in [-0.1, -0.05) is 0 Å². The lowest BCUT2D eigenvalue weighted by Crippen LogP contribution is -2.21. The molecule has 1 unspecified atom stereocenters. The summed E-state index contributed by atoms with van der Waals surface area (Å²) >= 11 is 0. The van der Waals surface area contributed by atoms with Gasteiger partial charge in [-0.05, 0) is 44.2 Å². The molecule has 1 aromatic rings. The standard InChI is InChI=1S/C11H14F3NO2S/c1-8(6-7-15)18(16,17)10-4-2-9(3-5-10)11(12,13)14/h2-5,8H,6-7,15H2,1H3. The second-order valence-electron chi connectivity index (χ2n) is 3.96. The summed E-state index contributed by atoms with van der Waals surface area (Å²) in [4.78, 5) is -0.114. The van der Waals surface area contributed by atoms with Gasteiger partial charge in [-0.25, -0.2) is 8.42 Å². The molecule has 1 atom stereocenters. The number of halogens is 3. The van der Waals surface area contributed by atoms with Gasteiger partial charge in [0.25, 0.3) is 0 Å². The zero-order chi connectivity index (χ0) is 14.0. The molecule has 3 nitrogen and oxygen atoms in total. The molecule has 0 aliphatic rings. The van der Waals surface area contributed by atoms with Gasteiger partial charge in [0.2, 0.25) is 0 Å². The van der Waals surface area contributed by atoms with Crippen LogP contribution < -0.4 is 5.73 Å². The molecule has 0 fully saturated rings. The topological polar surface area (TPSA) is 60.2 Å². The van der Waals surface area contributed by atoms with Gasteiger partial charge in [0.1, 0.15) is 0 Å². The van der Waals surface area contributed by atoms with Crippen LogP contribution in [0.2, 0.25) is 0 Å². The molecular weight excluding hydrogens is 267 g/mol. The zero-order valence-corrected chi connectivity index (χ0v) is 10.6. The Morgan fingerprint density at radius 3 is 2.11 bits per heavy atom. The minimum Gasteiger partial charge on any atom is -0.330 e. The number of alkyl halides is 3. The molecule has 102 valence electrons. The molecule has 1 rings (SSSR count). The van der Waals surface area contributed by atoms with Crippen LogP contribution in [0.1, 0.15) is 18.9 Å². The fraction of sp³-hybridized carbons (Fsp3) is 0.455. The van der Waals surface area contributed by atoms with Gasteiger partial charge in [-0.2, -0.15) is 13.2 Å². The lowest BCUT2D eigenvalue weighted by molar-refractivity contribution is -0.137. The third kappa shape index (κ3) is 3.23. The Morgan fingerprint density at radius 2 is 1.72 bits per heavy atom. The predicted molar refractivity (Wildman–Crippen MR) is 61.8 cm³/mol. The molecule has 7 heteroatoms. The molecule has 0 aliphatic heterocycles. The minimum absolute atomic E-state index is 0.114. The Bertz CT molecular complexity index is 494. The second-order valence-corrected chi connectivity index (χ2v) is 6.32. The van der Waals surface area contributed by atoms with E-state index in [1.54, 1.807) is 0 Å². The van der Waals surface area contributed by atoms with Crippen LogP contribution in [0.3, 0.4) is 0 Å².